The Morgan fingerprint density at radius 2 is 1.71 bits per heavy atom. The summed E-state index contributed by atoms with van der Waals surface area (Å²) >= 11 is 5.87. The first kappa shape index (κ1) is 18.1. The number of hydrogen-bond donors (Lipinski definition) is 2. The maximum Gasteiger partial charge on any atom is 0.258 e. The van der Waals surface area contributed by atoms with Crippen LogP contribution in [0.1, 0.15) is 17.4 Å². The Hall–Kier alpha value is -3.31. The zero-order valence-electron chi connectivity index (χ0n) is 14.9. The number of hydrogen-bond acceptors (Lipinski definition) is 3. The van der Waals surface area contributed by atoms with Gasteiger partial charge < -0.3 is 15.0 Å². The number of aromatic nitrogens is 2. The number of carbonyl (C=O) groups is 1. The predicted octanol–water partition coefficient (Wildman–Crippen LogP) is 4.50. The Bertz CT molecular complexity index is 1040. The number of nitrogens with zero attached hydrogens (tertiary/aromatic N) is 1. The van der Waals surface area contributed by atoms with Crippen LogP contribution in [-0.4, -0.2) is 22.5 Å². The molecule has 6 heteroatoms. The molecule has 0 aliphatic carbocycles. The average Bonchev–Trinajstić information content (AvgIpc) is 3.16. The van der Waals surface area contributed by atoms with Crippen LogP contribution in [0.3, 0.4) is 0 Å². The Kier molecular flexibility index (Phi) is 5.26. The number of carbonyl (C=O) groups excluding carboxylic acids is 1. The highest BCUT2D eigenvalue weighted by Gasteiger charge is 2.20. The van der Waals surface area contributed by atoms with Crippen molar-refractivity contribution in [2.45, 2.75) is 6.04 Å². The SMILES string of the molecule is O=C(COc1ccc(Cl)cc1)NC(c1ccccc1)c1nc2ccccc2[nH]1. The van der Waals surface area contributed by atoms with E-state index in [1.54, 1.807) is 24.3 Å². The second kappa shape index (κ2) is 8.15. The zero-order valence-corrected chi connectivity index (χ0v) is 15.7. The summed E-state index contributed by atoms with van der Waals surface area (Å²) in [6.45, 7) is -0.106. The van der Waals surface area contributed by atoms with Crippen molar-refractivity contribution in [2.75, 3.05) is 6.61 Å². The fourth-order valence-electron chi connectivity index (χ4n) is 2.95. The second-order valence-electron chi connectivity index (χ2n) is 6.29. The number of H-pyrrole nitrogens is 1. The average molecular weight is 392 g/mol. The van der Waals surface area contributed by atoms with Gasteiger partial charge in [-0.2, -0.15) is 0 Å². The molecule has 0 bridgehead atoms. The van der Waals surface area contributed by atoms with Crippen molar-refractivity contribution in [3.63, 3.8) is 0 Å². The van der Waals surface area contributed by atoms with Crippen molar-refractivity contribution in [3.8, 4) is 5.75 Å². The van der Waals surface area contributed by atoms with Crippen LogP contribution < -0.4 is 10.1 Å². The monoisotopic (exact) mass is 391 g/mol. The molecule has 1 atom stereocenters. The van der Waals surface area contributed by atoms with Crippen molar-refractivity contribution >= 4 is 28.5 Å². The Morgan fingerprint density at radius 1 is 1.00 bits per heavy atom. The fourth-order valence-corrected chi connectivity index (χ4v) is 3.07. The van der Waals surface area contributed by atoms with Crippen LogP contribution >= 0.6 is 11.6 Å². The molecule has 1 amide bonds. The number of benzene rings is 3. The maximum atomic E-state index is 12.6. The summed E-state index contributed by atoms with van der Waals surface area (Å²) in [5, 5.41) is 3.62. The number of aromatic amines is 1. The molecule has 0 spiro atoms. The van der Waals surface area contributed by atoms with E-state index in [4.69, 9.17) is 16.3 Å². The summed E-state index contributed by atoms with van der Waals surface area (Å²) in [5.74, 6) is 1.01. The van der Waals surface area contributed by atoms with Gasteiger partial charge in [0, 0.05) is 5.02 Å². The molecule has 3 aromatic carbocycles. The third kappa shape index (κ3) is 4.15. The van der Waals surface area contributed by atoms with E-state index >= 15 is 0 Å². The minimum Gasteiger partial charge on any atom is -0.484 e. The number of rotatable bonds is 6. The Morgan fingerprint density at radius 3 is 2.46 bits per heavy atom. The molecule has 0 saturated heterocycles. The van der Waals surface area contributed by atoms with Crippen LogP contribution in [0.25, 0.3) is 11.0 Å². The lowest BCUT2D eigenvalue weighted by molar-refractivity contribution is -0.123. The molecular weight excluding hydrogens is 374 g/mol. The van der Waals surface area contributed by atoms with Gasteiger partial charge in [-0.25, -0.2) is 4.98 Å². The van der Waals surface area contributed by atoms with Crippen molar-refractivity contribution in [3.05, 3.63) is 95.3 Å². The number of nitrogens with one attached hydrogen (secondary N) is 2. The lowest BCUT2D eigenvalue weighted by atomic mass is 10.1. The van der Waals surface area contributed by atoms with Crippen molar-refractivity contribution in [2.24, 2.45) is 0 Å². The van der Waals surface area contributed by atoms with E-state index < -0.39 is 6.04 Å². The smallest absolute Gasteiger partial charge is 0.258 e. The first-order valence-corrected chi connectivity index (χ1v) is 9.24. The summed E-state index contributed by atoms with van der Waals surface area (Å²) < 4.78 is 5.55. The first-order chi connectivity index (χ1) is 13.7. The van der Waals surface area contributed by atoms with E-state index in [1.165, 1.54) is 0 Å². The summed E-state index contributed by atoms with van der Waals surface area (Å²) in [5.41, 5.74) is 2.71. The third-order valence-corrected chi connectivity index (χ3v) is 4.55. The van der Waals surface area contributed by atoms with Gasteiger partial charge in [0.15, 0.2) is 6.61 Å². The van der Waals surface area contributed by atoms with Crippen LogP contribution in [0.5, 0.6) is 5.75 Å². The molecular formula is C22H18ClN3O2. The number of para-hydroxylation sites is 2. The van der Waals surface area contributed by atoms with Gasteiger partial charge in [0.05, 0.1) is 11.0 Å². The molecule has 28 heavy (non-hydrogen) atoms. The zero-order chi connectivity index (χ0) is 19.3. The lowest BCUT2D eigenvalue weighted by Gasteiger charge is -2.17. The molecule has 5 nitrogen and oxygen atoms in total. The Balaban J connectivity index is 1.53. The molecule has 0 saturated carbocycles. The van der Waals surface area contributed by atoms with Gasteiger partial charge in [0.25, 0.3) is 5.91 Å². The summed E-state index contributed by atoms with van der Waals surface area (Å²) in [6.07, 6.45) is 0. The molecule has 0 aliphatic rings. The highest BCUT2D eigenvalue weighted by molar-refractivity contribution is 6.30. The molecule has 4 aromatic rings. The standard InChI is InChI=1S/C22H18ClN3O2/c23-16-10-12-17(13-11-16)28-14-20(27)26-21(15-6-2-1-3-7-15)22-24-18-8-4-5-9-19(18)25-22/h1-13,21H,14H2,(H,24,25)(H,26,27). The number of halogens is 1. The molecule has 1 heterocycles. The van der Waals surface area contributed by atoms with E-state index in [2.05, 4.69) is 15.3 Å². The Labute approximate surface area is 167 Å². The van der Waals surface area contributed by atoms with Gasteiger partial charge in [-0.3, -0.25) is 4.79 Å². The normalized spacial score (nSPS) is 11.9. The highest BCUT2D eigenvalue weighted by Crippen LogP contribution is 2.22. The van der Waals surface area contributed by atoms with E-state index in [0.717, 1.165) is 16.6 Å². The number of fused-ring (bicyclic) bond motifs is 1. The van der Waals surface area contributed by atoms with E-state index in [9.17, 15) is 4.79 Å². The van der Waals surface area contributed by atoms with Gasteiger partial charge in [-0.05, 0) is 42.0 Å². The first-order valence-electron chi connectivity index (χ1n) is 8.86. The summed E-state index contributed by atoms with van der Waals surface area (Å²) in [4.78, 5) is 20.5. The van der Waals surface area contributed by atoms with E-state index in [-0.39, 0.29) is 12.5 Å². The largest absolute Gasteiger partial charge is 0.484 e. The molecule has 0 fully saturated rings. The predicted molar refractivity (Wildman–Crippen MR) is 109 cm³/mol. The van der Waals surface area contributed by atoms with Crippen molar-refractivity contribution < 1.29 is 9.53 Å². The maximum absolute atomic E-state index is 12.6. The summed E-state index contributed by atoms with van der Waals surface area (Å²) in [7, 11) is 0. The van der Waals surface area contributed by atoms with Crippen LogP contribution in [0.2, 0.25) is 5.02 Å². The van der Waals surface area contributed by atoms with Gasteiger partial charge in [-0.1, -0.05) is 54.1 Å². The van der Waals surface area contributed by atoms with Crippen molar-refractivity contribution in [1.29, 1.82) is 0 Å². The lowest BCUT2D eigenvalue weighted by Crippen LogP contribution is -2.33. The molecule has 1 aromatic heterocycles. The van der Waals surface area contributed by atoms with Crippen LogP contribution in [0.15, 0.2) is 78.9 Å². The molecule has 0 radical (unpaired) electrons. The van der Waals surface area contributed by atoms with Crippen LogP contribution in [-0.2, 0) is 4.79 Å². The molecule has 140 valence electrons. The molecule has 4 rings (SSSR count). The number of ether oxygens (including phenoxy) is 1. The van der Waals surface area contributed by atoms with E-state index in [1.807, 2.05) is 54.6 Å². The molecule has 1 unspecified atom stereocenters. The third-order valence-electron chi connectivity index (χ3n) is 4.30. The van der Waals surface area contributed by atoms with Gasteiger partial charge in [0.2, 0.25) is 0 Å². The van der Waals surface area contributed by atoms with Crippen LogP contribution in [0.4, 0.5) is 0 Å². The second-order valence-corrected chi connectivity index (χ2v) is 6.73. The number of amides is 1. The van der Waals surface area contributed by atoms with Gasteiger partial charge >= 0.3 is 0 Å². The van der Waals surface area contributed by atoms with E-state index in [0.29, 0.717) is 16.6 Å². The molecule has 0 aliphatic heterocycles. The van der Waals surface area contributed by atoms with Gasteiger partial charge in [0.1, 0.15) is 17.6 Å². The van der Waals surface area contributed by atoms with Crippen LogP contribution in [0, 0.1) is 0 Å². The highest BCUT2D eigenvalue weighted by atomic mass is 35.5. The van der Waals surface area contributed by atoms with Gasteiger partial charge in [-0.15, -0.1) is 0 Å². The minimum absolute atomic E-state index is 0.106. The van der Waals surface area contributed by atoms with Crippen molar-refractivity contribution in [1.82, 2.24) is 15.3 Å². The summed E-state index contributed by atoms with van der Waals surface area (Å²) in [6, 6.07) is 24.0. The topological polar surface area (TPSA) is 67.0 Å². The number of imidazole rings is 1. The molecule has 2 N–H and O–H groups in total. The quantitative estimate of drug-likeness (QED) is 0.508. The fraction of sp³-hybridized carbons (Fsp3) is 0.0909. The minimum atomic E-state index is -0.407.